The Bertz CT molecular complexity index is 1020. The van der Waals surface area contributed by atoms with Crippen molar-refractivity contribution in [1.29, 1.82) is 0 Å². The van der Waals surface area contributed by atoms with E-state index in [1.807, 2.05) is 45.7 Å². The maximum Gasteiger partial charge on any atom is 0.495 e. The van der Waals surface area contributed by atoms with E-state index in [1.54, 1.807) is 6.34 Å². The van der Waals surface area contributed by atoms with Crippen molar-refractivity contribution in [3.05, 3.63) is 22.1 Å². The van der Waals surface area contributed by atoms with Gasteiger partial charge in [-0.1, -0.05) is 12.2 Å². The normalized spacial score (nSPS) is 26.4. The van der Waals surface area contributed by atoms with E-state index < -0.39 is 24.4 Å². The maximum atomic E-state index is 12.1. The number of ether oxygens (including phenoxy) is 1. The molecule has 3 aliphatic rings. The van der Waals surface area contributed by atoms with Gasteiger partial charge in [0.15, 0.2) is 6.29 Å². The van der Waals surface area contributed by atoms with Gasteiger partial charge in [-0.15, -0.1) is 0 Å². The number of hydrogen-bond acceptors (Lipinski definition) is 6. The Balaban J connectivity index is 1.74. The van der Waals surface area contributed by atoms with E-state index in [2.05, 4.69) is 12.2 Å². The summed E-state index contributed by atoms with van der Waals surface area (Å²) in [5.41, 5.74) is 1.07. The van der Waals surface area contributed by atoms with Crippen LogP contribution < -0.4 is 15.9 Å². The molecule has 0 spiro atoms. The number of benzene rings is 1. The van der Waals surface area contributed by atoms with Gasteiger partial charge in [0.05, 0.1) is 42.0 Å². The molecule has 2 aliphatic heterocycles. The molecule has 0 saturated carbocycles. The molecule has 0 bridgehead atoms. The van der Waals surface area contributed by atoms with Crippen LogP contribution in [0, 0.1) is 0 Å². The van der Waals surface area contributed by atoms with Gasteiger partial charge >= 0.3 is 7.12 Å². The Kier molecular flexibility index (Phi) is 6.33. The Labute approximate surface area is 189 Å². The minimum Gasteiger partial charge on any atom is -0.399 e. The summed E-state index contributed by atoms with van der Waals surface area (Å²) in [5.74, 6) is 0. The van der Waals surface area contributed by atoms with Crippen molar-refractivity contribution in [2.45, 2.75) is 70.3 Å². The third kappa shape index (κ3) is 4.17. The van der Waals surface area contributed by atoms with Gasteiger partial charge in [-0.2, -0.15) is 0 Å². The summed E-state index contributed by atoms with van der Waals surface area (Å²) in [6, 6.07) is 1.78. The van der Waals surface area contributed by atoms with E-state index in [9.17, 15) is 9.90 Å². The second-order valence-corrected chi connectivity index (χ2v) is 9.83. The van der Waals surface area contributed by atoms with Crippen molar-refractivity contribution in [2.75, 3.05) is 20.3 Å². The highest BCUT2D eigenvalue weighted by atomic mass is 16.7. The molecule has 0 amide bonds. The van der Waals surface area contributed by atoms with Crippen molar-refractivity contribution in [3.8, 4) is 0 Å². The first-order valence-electron chi connectivity index (χ1n) is 11.3. The van der Waals surface area contributed by atoms with Gasteiger partial charge < -0.3 is 24.1 Å². The first-order valence-corrected chi connectivity index (χ1v) is 11.3. The van der Waals surface area contributed by atoms with Crippen LogP contribution in [0.25, 0.3) is 12.2 Å². The highest BCUT2D eigenvalue weighted by molar-refractivity contribution is 6.62. The largest absolute Gasteiger partial charge is 0.495 e. The monoisotopic (exact) mass is 440 g/mol. The average molecular weight is 440 g/mol. The van der Waals surface area contributed by atoms with Crippen molar-refractivity contribution in [1.82, 2.24) is 4.90 Å². The van der Waals surface area contributed by atoms with E-state index in [4.69, 9.17) is 19.0 Å². The molecular weight excluding hydrogens is 407 g/mol. The van der Waals surface area contributed by atoms with Gasteiger partial charge in [0.25, 0.3) is 0 Å². The minimum absolute atomic E-state index is 0.0671. The Morgan fingerprint density at radius 1 is 1.16 bits per heavy atom. The predicted octanol–water partition coefficient (Wildman–Crippen LogP) is 0.895. The van der Waals surface area contributed by atoms with Crippen LogP contribution in [0.1, 0.15) is 57.3 Å². The molecule has 1 aliphatic carbocycles. The molecule has 32 heavy (non-hydrogen) atoms. The first kappa shape index (κ1) is 23.2. The van der Waals surface area contributed by atoms with Crippen LogP contribution in [0.3, 0.4) is 0 Å². The standard InChI is InChI=1S/C24H33BN2O5/c1-23(2)24(3,4)32-25(31-23)19-12-16(13-28)22(18-9-7-6-8-17(18)19)26-15-27(5)20-10-11-30-14-21(20)29/h8-9,12-13,15,20-21,29H,6-7,10-11,14H2,1-5H3/b26-15-/t20-,21-/m0/s1. The summed E-state index contributed by atoms with van der Waals surface area (Å²) in [5, 5.41) is 12.2. The topological polar surface area (TPSA) is 80.6 Å². The molecule has 2 fully saturated rings. The molecule has 0 unspecified atom stereocenters. The van der Waals surface area contributed by atoms with Gasteiger partial charge in [-0.3, -0.25) is 4.79 Å². The fraction of sp³-hybridized carbons (Fsp3) is 0.583. The zero-order chi connectivity index (χ0) is 23.1. The lowest BCUT2D eigenvalue weighted by atomic mass is 9.75. The highest BCUT2D eigenvalue weighted by Gasteiger charge is 2.52. The lowest BCUT2D eigenvalue weighted by Gasteiger charge is -2.33. The van der Waals surface area contributed by atoms with Crippen LogP contribution in [-0.4, -0.2) is 73.4 Å². The Morgan fingerprint density at radius 3 is 2.44 bits per heavy atom. The number of nitrogens with zero attached hydrogens (tertiary/aromatic N) is 2. The number of hydrogen-bond donors (Lipinski definition) is 1. The fourth-order valence-electron chi connectivity index (χ4n) is 4.46. The Hall–Kier alpha value is -2.00. The first-order chi connectivity index (χ1) is 15.1. The molecule has 2 heterocycles. The van der Waals surface area contributed by atoms with E-state index in [0.717, 1.165) is 41.4 Å². The number of aldehydes is 1. The average Bonchev–Trinajstić information content (AvgIpc) is 2.98. The van der Waals surface area contributed by atoms with Crippen molar-refractivity contribution < 1.29 is 23.9 Å². The molecule has 0 aromatic heterocycles. The molecule has 1 aromatic rings. The predicted molar refractivity (Wildman–Crippen MR) is 126 cm³/mol. The van der Waals surface area contributed by atoms with Gasteiger partial charge in [0.2, 0.25) is 0 Å². The van der Waals surface area contributed by atoms with Gasteiger partial charge in [-0.05, 0) is 63.7 Å². The van der Waals surface area contributed by atoms with Crippen LogP contribution in [0.15, 0.2) is 11.1 Å². The highest BCUT2D eigenvalue weighted by Crippen LogP contribution is 2.36. The lowest BCUT2D eigenvalue weighted by Crippen LogP contribution is -2.51. The summed E-state index contributed by atoms with van der Waals surface area (Å²) >= 11 is 0. The summed E-state index contributed by atoms with van der Waals surface area (Å²) in [7, 11) is 1.35. The van der Waals surface area contributed by atoms with E-state index >= 15 is 0 Å². The number of aliphatic hydroxyl groups excluding tert-OH is 1. The SMILES string of the molecule is CN(/C=N\c1c(C=O)cc(B2OC(C)(C)C(C)(C)O2)c2c1=CCCC=2)[C@H]1CCOC[C@@H]1O. The molecule has 2 saturated heterocycles. The van der Waals surface area contributed by atoms with Crippen LogP contribution in [0.2, 0.25) is 0 Å². The number of likely N-dealkylation sites (N-methyl/N-ethyl adjacent to an activating group) is 1. The summed E-state index contributed by atoms with van der Waals surface area (Å²) in [4.78, 5) is 18.7. The summed E-state index contributed by atoms with van der Waals surface area (Å²) in [6.45, 7) is 9.03. The van der Waals surface area contributed by atoms with Crippen molar-refractivity contribution in [2.24, 2.45) is 4.99 Å². The summed E-state index contributed by atoms with van der Waals surface area (Å²) < 4.78 is 17.9. The lowest BCUT2D eigenvalue weighted by molar-refractivity contribution is -0.0442. The van der Waals surface area contributed by atoms with E-state index in [-0.39, 0.29) is 6.04 Å². The molecule has 0 radical (unpaired) electrons. The van der Waals surface area contributed by atoms with Crippen molar-refractivity contribution in [3.63, 3.8) is 0 Å². The molecule has 1 N–H and O–H groups in total. The maximum absolute atomic E-state index is 12.1. The van der Waals surface area contributed by atoms with Crippen molar-refractivity contribution >= 4 is 43.0 Å². The molecule has 1 aromatic carbocycles. The molecule has 172 valence electrons. The quantitative estimate of drug-likeness (QED) is 0.317. The molecule has 8 heteroatoms. The van der Waals surface area contributed by atoms with Crippen LogP contribution in [0.5, 0.6) is 0 Å². The van der Waals surface area contributed by atoms with Gasteiger partial charge in [-0.25, -0.2) is 4.99 Å². The third-order valence-electron chi connectivity index (χ3n) is 7.12. The van der Waals surface area contributed by atoms with Crippen LogP contribution in [-0.2, 0) is 14.0 Å². The zero-order valence-corrected chi connectivity index (χ0v) is 19.6. The second-order valence-electron chi connectivity index (χ2n) is 9.83. The number of fused-ring (bicyclic) bond motifs is 1. The molecular formula is C24H33BN2O5. The zero-order valence-electron chi connectivity index (χ0n) is 19.6. The number of carbonyl (C=O) groups is 1. The van der Waals surface area contributed by atoms with Crippen LogP contribution in [0.4, 0.5) is 5.69 Å². The number of aliphatic hydroxyl groups is 1. The molecule has 2 atom stereocenters. The smallest absolute Gasteiger partial charge is 0.399 e. The van der Waals surface area contributed by atoms with Gasteiger partial charge in [0.1, 0.15) is 0 Å². The molecule has 7 nitrogen and oxygen atoms in total. The fourth-order valence-corrected chi connectivity index (χ4v) is 4.46. The Morgan fingerprint density at radius 2 is 1.81 bits per heavy atom. The number of rotatable bonds is 5. The summed E-state index contributed by atoms with van der Waals surface area (Å²) in [6.07, 6.45) is 8.81. The van der Waals surface area contributed by atoms with Crippen LogP contribution >= 0.6 is 0 Å². The minimum atomic E-state index is -0.565. The second kappa shape index (κ2) is 8.74. The molecule has 4 rings (SSSR count). The number of carbonyl (C=O) groups excluding carboxylic acids is 1. The third-order valence-corrected chi connectivity index (χ3v) is 7.12. The number of aliphatic imine (C=N–C) groups is 1. The van der Waals surface area contributed by atoms with E-state index in [1.165, 1.54) is 0 Å². The van der Waals surface area contributed by atoms with Gasteiger partial charge in [0, 0.05) is 24.4 Å². The van der Waals surface area contributed by atoms with E-state index in [0.29, 0.717) is 24.5 Å².